The summed E-state index contributed by atoms with van der Waals surface area (Å²) in [5.41, 5.74) is 0.0537. The van der Waals surface area contributed by atoms with Crippen LogP contribution in [0.3, 0.4) is 0 Å². The van der Waals surface area contributed by atoms with Gasteiger partial charge in [-0.05, 0) is 25.9 Å². The molecule has 1 N–H and O–H groups in total. The Morgan fingerprint density at radius 3 is 2.53 bits per heavy atom. The lowest BCUT2D eigenvalue weighted by Crippen LogP contribution is -2.29. The zero-order chi connectivity index (χ0) is 10.9. The average molecular weight is 208 g/mol. The molecule has 1 aromatic heterocycles. The van der Waals surface area contributed by atoms with E-state index in [4.69, 9.17) is 0 Å². The number of nitrogens with one attached hydrogen (secondary N) is 1. The van der Waals surface area contributed by atoms with E-state index in [2.05, 4.69) is 36.2 Å². The standard InChI is InChI=1S/C11H20N4/c1-11(2,3)10-13-8-15(14-10)9-4-6-12-7-5-9/h8-9,12H,4-7H2,1-3H3. The average Bonchev–Trinajstić information content (AvgIpc) is 2.67. The van der Waals surface area contributed by atoms with E-state index >= 15 is 0 Å². The van der Waals surface area contributed by atoms with Gasteiger partial charge in [0.1, 0.15) is 6.33 Å². The summed E-state index contributed by atoms with van der Waals surface area (Å²) in [6, 6.07) is 0.537. The molecule has 0 aliphatic carbocycles. The Morgan fingerprint density at radius 1 is 1.33 bits per heavy atom. The van der Waals surface area contributed by atoms with Crippen LogP contribution in [0.1, 0.15) is 45.5 Å². The summed E-state index contributed by atoms with van der Waals surface area (Å²) in [7, 11) is 0. The van der Waals surface area contributed by atoms with Gasteiger partial charge in [0, 0.05) is 5.41 Å². The fourth-order valence-electron chi connectivity index (χ4n) is 1.87. The van der Waals surface area contributed by atoms with Crippen LogP contribution >= 0.6 is 0 Å². The predicted octanol–water partition coefficient (Wildman–Crippen LogP) is 1.50. The second-order valence-corrected chi connectivity index (χ2v) is 5.28. The van der Waals surface area contributed by atoms with Crippen LogP contribution in [0.5, 0.6) is 0 Å². The summed E-state index contributed by atoms with van der Waals surface area (Å²) in [6.45, 7) is 8.63. The van der Waals surface area contributed by atoms with Crippen molar-refractivity contribution in [2.45, 2.75) is 45.1 Å². The van der Waals surface area contributed by atoms with E-state index in [1.54, 1.807) is 0 Å². The molecule has 0 atom stereocenters. The Morgan fingerprint density at radius 2 is 2.00 bits per heavy atom. The molecule has 0 saturated carbocycles. The van der Waals surface area contributed by atoms with Crippen molar-refractivity contribution in [3.8, 4) is 0 Å². The minimum Gasteiger partial charge on any atom is -0.317 e. The minimum absolute atomic E-state index is 0.0537. The molecule has 1 aliphatic rings. The maximum Gasteiger partial charge on any atom is 0.155 e. The molecule has 0 aromatic carbocycles. The van der Waals surface area contributed by atoms with E-state index in [-0.39, 0.29) is 5.41 Å². The Kier molecular flexibility index (Phi) is 2.78. The first-order valence-corrected chi connectivity index (χ1v) is 5.70. The number of rotatable bonds is 1. The lowest BCUT2D eigenvalue weighted by atomic mass is 9.96. The van der Waals surface area contributed by atoms with Crippen LogP contribution < -0.4 is 5.32 Å². The molecule has 0 radical (unpaired) electrons. The van der Waals surface area contributed by atoms with Gasteiger partial charge in [-0.25, -0.2) is 9.67 Å². The Bertz CT molecular complexity index is 318. The number of piperidine rings is 1. The van der Waals surface area contributed by atoms with Gasteiger partial charge < -0.3 is 5.32 Å². The first-order chi connectivity index (χ1) is 7.07. The molecule has 1 saturated heterocycles. The first-order valence-electron chi connectivity index (χ1n) is 5.70. The summed E-state index contributed by atoms with van der Waals surface area (Å²) >= 11 is 0. The second-order valence-electron chi connectivity index (χ2n) is 5.28. The fraction of sp³-hybridized carbons (Fsp3) is 0.818. The summed E-state index contributed by atoms with van der Waals surface area (Å²) in [5.74, 6) is 0.945. The number of hydrogen-bond donors (Lipinski definition) is 1. The van der Waals surface area contributed by atoms with E-state index < -0.39 is 0 Å². The smallest absolute Gasteiger partial charge is 0.155 e. The van der Waals surface area contributed by atoms with Gasteiger partial charge in [0.2, 0.25) is 0 Å². The Hall–Kier alpha value is -0.900. The van der Waals surface area contributed by atoms with E-state index in [1.165, 1.54) is 0 Å². The largest absolute Gasteiger partial charge is 0.317 e. The topological polar surface area (TPSA) is 42.7 Å². The minimum atomic E-state index is 0.0537. The predicted molar refractivity (Wildman–Crippen MR) is 59.9 cm³/mol. The van der Waals surface area contributed by atoms with Crippen LogP contribution in [0.4, 0.5) is 0 Å². The van der Waals surface area contributed by atoms with E-state index in [1.807, 2.05) is 11.0 Å². The molecular formula is C11H20N4. The second kappa shape index (κ2) is 3.93. The first kappa shape index (κ1) is 10.6. The summed E-state index contributed by atoms with van der Waals surface area (Å²) < 4.78 is 2.04. The van der Waals surface area contributed by atoms with Gasteiger partial charge in [-0.15, -0.1) is 0 Å². The number of aromatic nitrogens is 3. The van der Waals surface area contributed by atoms with Crippen LogP contribution in [-0.4, -0.2) is 27.9 Å². The normalized spacial score (nSPS) is 19.4. The molecule has 0 spiro atoms. The molecule has 4 nitrogen and oxygen atoms in total. The van der Waals surface area contributed by atoms with Gasteiger partial charge in [0.05, 0.1) is 6.04 Å². The lowest BCUT2D eigenvalue weighted by molar-refractivity contribution is 0.338. The SMILES string of the molecule is CC(C)(C)c1ncn(C2CCNCC2)n1. The maximum atomic E-state index is 4.58. The third kappa shape index (κ3) is 2.37. The maximum absolute atomic E-state index is 4.58. The van der Waals surface area contributed by atoms with Crippen molar-refractivity contribution >= 4 is 0 Å². The van der Waals surface area contributed by atoms with Crippen LogP contribution in [0.25, 0.3) is 0 Å². The van der Waals surface area contributed by atoms with Crippen LogP contribution in [0.2, 0.25) is 0 Å². The highest BCUT2D eigenvalue weighted by molar-refractivity contribution is 4.99. The highest BCUT2D eigenvalue weighted by Gasteiger charge is 2.21. The molecular weight excluding hydrogens is 188 g/mol. The molecule has 84 valence electrons. The quantitative estimate of drug-likeness (QED) is 0.760. The Balaban J connectivity index is 2.12. The molecule has 0 unspecified atom stereocenters. The van der Waals surface area contributed by atoms with Crippen molar-refractivity contribution < 1.29 is 0 Å². The van der Waals surface area contributed by atoms with Gasteiger partial charge in [-0.3, -0.25) is 0 Å². The summed E-state index contributed by atoms with van der Waals surface area (Å²) in [6.07, 6.45) is 4.20. The van der Waals surface area contributed by atoms with Gasteiger partial charge >= 0.3 is 0 Å². The monoisotopic (exact) mass is 208 g/mol. The summed E-state index contributed by atoms with van der Waals surface area (Å²) in [4.78, 5) is 4.39. The third-order valence-corrected chi connectivity index (χ3v) is 2.86. The molecule has 0 amide bonds. The van der Waals surface area contributed by atoms with Crippen molar-refractivity contribution in [1.82, 2.24) is 20.1 Å². The van der Waals surface area contributed by atoms with Gasteiger partial charge in [-0.2, -0.15) is 5.10 Å². The van der Waals surface area contributed by atoms with Crippen molar-refractivity contribution in [2.75, 3.05) is 13.1 Å². The van der Waals surface area contributed by atoms with Crippen LogP contribution in [-0.2, 0) is 5.41 Å². The van der Waals surface area contributed by atoms with Crippen LogP contribution in [0.15, 0.2) is 6.33 Å². The number of nitrogens with zero attached hydrogens (tertiary/aromatic N) is 3. The fourth-order valence-corrected chi connectivity index (χ4v) is 1.87. The number of hydrogen-bond acceptors (Lipinski definition) is 3. The molecule has 2 rings (SSSR count). The van der Waals surface area contributed by atoms with Gasteiger partial charge in [0.25, 0.3) is 0 Å². The van der Waals surface area contributed by atoms with E-state index in [0.717, 1.165) is 31.8 Å². The third-order valence-electron chi connectivity index (χ3n) is 2.86. The van der Waals surface area contributed by atoms with Crippen molar-refractivity contribution in [2.24, 2.45) is 0 Å². The van der Waals surface area contributed by atoms with E-state index in [9.17, 15) is 0 Å². The van der Waals surface area contributed by atoms with E-state index in [0.29, 0.717) is 6.04 Å². The molecule has 15 heavy (non-hydrogen) atoms. The van der Waals surface area contributed by atoms with Crippen LogP contribution in [0, 0.1) is 0 Å². The van der Waals surface area contributed by atoms with Gasteiger partial charge in [0.15, 0.2) is 5.82 Å². The zero-order valence-corrected chi connectivity index (χ0v) is 9.82. The van der Waals surface area contributed by atoms with Crippen molar-refractivity contribution in [1.29, 1.82) is 0 Å². The molecule has 1 fully saturated rings. The molecule has 1 aromatic rings. The van der Waals surface area contributed by atoms with Crippen molar-refractivity contribution in [3.05, 3.63) is 12.2 Å². The molecule has 0 bridgehead atoms. The summed E-state index contributed by atoms with van der Waals surface area (Å²) in [5, 5.41) is 7.94. The van der Waals surface area contributed by atoms with Crippen molar-refractivity contribution in [3.63, 3.8) is 0 Å². The van der Waals surface area contributed by atoms with Gasteiger partial charge in [-0.1, -0.05) is 20.8 Å². The molecule has 4 heteroatoms. The Labute approximate surface area is 91.1 Å². The zero-order valence-electron chi connectivity index (χ0n) is 9.82. The highest BCUT2D eigenvalue weighted by atomic mass is 15.3. The highest BCUT2D eigenvalue weighted by Crippen LogP contribution is 2.21. The molecule has 2 heterocycles. The lowest BCUT2D eigenvalue weighted by Gasteiger charge is -2.22. The molecule has 1 aliphatic heterocycles.